The van der Waals surface area contributed by atoms with Crippen LogP contribution in [0.1, 0.15) is 49.5 Å². The zero-order valence-electron chi connectivity index (χ0n) is 13.1. The predicted molar refractivity (Wildman–Crippen MR) is 80.6 cm³/mol. The number of benzene rings is 1. The molecule has 0 bridgehead atoms. The molecule has 4 nitrogen and oxygen atoms in total. The zero-order chi connectivity index (χ0) is 15.4. The molecule has 4 heteroatoms. The van der Waals surface area contributed by atoms with Crippen LogP contribution in [0, 0.1) is 5.92 Å². The Morgan fingerprint density at radius 2 is 2.05 bits per heavy atom. The molecule has 2 aliphatic heterocycles. The zero-order valence-corrected chi connectivity index (χ0v) is 13.1. The van der Waals surface area contributed by atoms with E-state index < -0.39 is 5.60 Å². The second-order valence-corrected chi connectivity index (χ2v) is 6.76. The third-order valence-corrected chi connectivity index (χ3v) is 5.07. The van der Waals surface area contributed by atoms with E-state index in [-0.39, 0.29) is 17.9 Å². The van der Waals surface area contributed by atoms with Gasteiger partial charge in [-0.2, -0.15) is 0 Å². The van der Waals surface area contributed by atoms with Gasteiger partial charge in [0.2, 0.25) is 0 Å². The van der Waals surface area contributed by atoms with Crippen LogP contribution in [0.25, 0.3) is 0 Å². The average molecular weight is 289 g/mol. The molecule has 0 spiro atoms. The smallest absolute Gasteiger partial charge is 0.257 e. The highest BCUT2D eigenvalue weighted by Crippen LogP contribution is 2.41. The third-order valence-electron chi connectivity index (χ3n) is 5.07. The molecule has 1 aromatic carbocycles. The quantitative estimate of drug-likeness (QED) is 0.909. The second kappa shape index (κ2) is 4.73. The number of fused-ring (bicyclic) bond motifs is 1. The molecule has 1 amide bonds. The fourth-order valence-electron chi connectivity index (χ4n) is 3.05. The van der Waals surface area contributed by atoms with Crippen LogP contribution in [0.4, 0.5) is 0 Å². The molecule has 1 fully saturated rings. The summed E-state index contributed by atoms with van der Waals surface area (Å²) in [6.45, 7) is 8.91. The van der Waals surface area contributed by atoms with Crippen molar-refractivity contribution in [2.75, 3.05) is 13.1 Å². The first-order chi connectivity index (χ1) is 9.83. The Morgan fingerprint density at radius 3 is 2.67 bits per heavy atom. The molecule has 1 N–H and O–H groups in total. The van der Waals surface area contributed by atoms with Gasteiger partial charge in [0.1, 0.15) is 17.5 Å². The molecular weight excluding hydrogens is 266 g/mol. The minimum Gasteiger partial charge on any atom is -0.489 e. The summed E-state index contributed by atoms with van der Waals surface area (Å²) in [5.41, 5.74) is 0.984. The highest BCUT2D eigenvalue weighted by molar-refractivity contribution is 5.98. The fraction of sp³-hybridized carbons (Fsp3) is 0.588. The van der Waals surface area contributed by atoms with Crippen LogP contribution in [0.15, 0.2) is 18.2 Å². The van der Waals surface area contributed by atoms with Crippen LogP contribution in [-0.2, 0) is 0 Å². The van der Waals surface area contributed by atoms with Crippen molar-refractivity contribution in [1.29, 1.82) is 0 Å². The SMILES string of the molecule is CC1Oc2c(C(=O)N3CC(O)(C(C)C)C3)cccc2C1C. The largest absolute Gasteiger partial charge is 0.489 e. The van der Waals surface area contributed by atoms with Crippen molar-refractivity contribution in [3.63, 3.8) is 0 Å². The maximum Gasteiger partial charge on any atom is 0.257 e. The van der Waals surface area contributed by atoms with Crippen molar-refractivity contribution in [3.05, 3.63) is 29.3 Å². The van der Waals surface area contributed by atoms with Crippen molar-refractivity contribution < 1.29 is 14.6 Å². The molecule has 0 aromatic heterocycles. The maximum absolute atomic E-state index is 12.6. The molecular formula is C17H23NO3. The van der Waals surface area contributed by atoms with Crippen LogP contribution < -0.4 is 4.74 Å². The first-order valence-corrected chi connectivity index (χ1v) is 7.64. The van der Waals surface area contributed by atoms with Gasteiger partial charge < -0.3 is 14.7 Å². The molecule has 1 aromatic rings. The molecule has 21 heavy (non-hydrogen) atoms. The number of para-hydroxylation sites is 1. The lowest BCUT2D eigenvalue weighted by atomic mass is 9.82. The summed E-state index contributed by atoms with van der Waals surface area (Å²) in [6, 6.07) is 5.76. The first kappa shape index (κ1) is 14.4. The van der Waals surface area contributed by atoms with E-state index in [0.717, 1.165) is 11.3 Å². The molecule has 0 radical (unpaired) electrons. The topological polar surface area (TPSA) is 49.8 Å². The number of nitrogens with zero attached hydrogens (tertiary/aromatic N) is 1. The number of hydrogen-bond donors (Lipinski definition) is 1. The summed E-state index contributed by atoms with van der Waals surface area (Å²) in [7, 11) is 0. The normalized spacial score (nSPS) is 26.3. The van der Waals surface area contributed by atoms with Gasteiger partial charge in [-0.25, -0.2) is 0 Å². The third kappa shape index (κ3) is 2.13. The van der Waals surface area contributed by atoms with Crippen molar-refractivity contribution in [2.24, 2.45) is 5.92 Å². The van der Waals surface area contributed by atoms with Crippen molar-refractivity contribution >= 4 is 5.91 Å². The van der Waals surface area contributed by atoms with Gasteiger partial charge in [0.25, 0.3) is 5.91 Å². The summed E-state index contributed by atoms with van der Waals surface area (Å²) < 4.78 is 5.88. The summed E-state index contributed by atoms with van der Waals surface area (Å²) in [5, 5.41) is 10.3. The van der Waals surface area contributed by atoms with Gasteiger partial charge in [-0.3, -0.25) is 4.79 Å². The Morgan fingerprint density at radius 1 is 1.38 bits per heavy atom. The molecule has 1 saturated heterocycles. The van der Waals surface area contributed by atoms with Crippen molar-refractivity contribution in [1.82, 2.24) is 4.90 Å². The summed E-state index contributed by atoms with van der Waals surface area (Å²) in [4.78, 5) is 14.3. The van der Waals surface area contributed by atoms with Crippen LogP contribution >= 0.6 is 0 Å². The Balaban J connectivity index is 1.83. The van der Waals surface area contributed by atoms with E-state index in [2.05, 4.69) is 6.92 Å². The Hall–Kier alpha value is -1.55. The van der Waals surface area contributed by atoms with Gasteiger partial charge in [0.05, 0.1) is 18.7 Å². The highest BCUT2D eigenvalue weighted by atomic mass is 16.5. The summed E-state index contributed by atoms with van der Waals surface area (Å²) in [6.07, 6.45) is 0.0953. The lowest BCUT2D eigenvalue weighted by Gasteiger charge is -2.49. The number of likely N-dealkylation sites (tertiary alicyclic amines) is 1. The number of ether oxygens (including phenoxy) is 1. The number of β-amino-alcohol motifs (C(OH)–C–C–N with tert-alkyl or cyclic N) is 1. The lowest BCUT2D eigenvalue weighted by Crippen LogP contribution is -2.65. The Labute approximate surface area is 125 Å². The van der Waals surface area contributed by atoms with Crippen molar-refractivity contribution in [3.8, 4) is 5.75 Å². The van der Waals surface area contributed by atoms with Gasteiger partial charge in [0, 0.05) is 11.5 Å². The van der Waals surface area contributed by atoms with Gasteiger partial charge in [-0.1, -0.05) is 32.9 Å². The van der Waals surface area contributed by atoms with Gasteiger partial charge >= 0.3 is 0 Å². The minimum atomic E-state index is -0.741. The van der Waals surface area contributed by atoms with E-state index in [4.69, 9.17) is 4.74 Å². The fourth-order valence-corrected chi connectivity index (χ4v) is 3.05. The summed E-state index contributed by atoms with van der Waals surface area (Å²) >= 11 is 0. The van der Waals surface area contributed by atoms with E-state index in [9.17, 15) is 9.90 Å². The number of rotatable bonds is 2. The first-order valence-electron chi connectivity index (χ1n) is 7.64. The lowest BCUT2D eigenvalue weighted by molar-refractivity contribution is -0.110. The van der Waals surface area contributed by atoms with E-state index in [1.54, 1.807) is 4.90 Å². The van der Waals surface area contributed by atoms with Crippen LogP contribution in [0.3, 0.4) is 0 Å². The molecule has 2 heterocycles. The Kier molecular flexibility index (Phi) is 3.24. The number of amides is 1. The maximum atomic E-state index is 12.6. The highest BCUT2D eigenvalue weighted by Gasteiger charge is 2.46. The number of carbonyl (C=O) groups is 1. The van der Waals surface area contributed by atoms with Crippen LogP contribution in [0.5, 0.6) is 5.75 Å². The van der Waals surface area contributed by atoms with Crippen molar-refractivity contribution in [2.45, 2.75) is 45.3 Å². The molecule has 2 atom stereocenters. The van der Waals surface area contributed by atoms with E-state index in [0.29, 0.717) is 24.6 Å². The molecule has 0 aliphatic carbocycles. The monoisotopic (exact) mass is 289 g/mol. The standard InChI is InChI=1S/C17H23NO3/c1-10(2)17(20)8-18(9-17)16(19)14-7-5-6-13-11(3)12(4)21-15(13)14/h5-7,10-12,20H,8-9H2,1-4H3. The molecule has 2 unspecified atom stereocenters. The number of aliphatic hydroxyl groups is 1. The molecule has 2 aliphatic rings. The number of carbonyl (C=O) groups excluding carboxylic acids is 1. The van der Waals surface area contributed by atoms with Crippen LogP contribution in [-0.4, -0.2) is 40.7 Å². The van der Waals surface area contributed by atoms with E-state index >= 15 is 0 Å². The Bertz CT molecular complexity index is 575. The van der Waals surface area contributed by atoms with E-state index in [1.807, 2.05) is 39.0 Å². The summed E-state index contributed by atoms with van der Waals surface area (Å²) in [5.74, 6) is 1.14. The van der Waals surface area contributed by atoms with E-state index in [1.165, 1.54) is 0 Å². The van der Waals surface area contributed by atoms with Gasteiger partial charge in [0.15, 0.2) is 0 Å². The predicted octanol–water partition coefficient (Wildman–Crippen LogP) is 2.41. The van der Waals surface area contributed by atoms with Gasteiger partial charge in [-0.05, 0) is 18.9 Å². The minimum absolute atomic E-state index is 0.0431. The van der Waals surface area contributed by atoms with Crippen LogP contribution in [0.2, 0.25) is 0 Å². The average Bonchev–Trinajstić information content (AvgIpc) is 2.70. The van der Waals surface area contributed by atoms with Gasteiger partial charge in [-0.15, -0.1) is 0 Å². The second-order valence-electron chi connectivity index (χ2n) is 6.76. The molecule has 0 saturated carbocycles. The number of hydrogen-bond acceptors (Lipinski definition) is 3. The molecule has 114 valence electrons. The molecule has 3 rings (SSSR count).